The summed E-state index contributed by atoms with van der Waals surface area (Å²) in [5.41, 5.74) is 0.676. The minimum atomic E-state index is -3.17. The molecular formula is C15H22N2O4S. The fourth-order valence-electron chi connectivity index (χ4n) is 2.34. The number of hydrogen-bond donors (Lipinski definition) is 1. The second-order valence-corrected chi connectivity index (χ2v) is 7.27. The zero-order valence-corrected chi connectivity index (χ0v) is 13.6. The number of nitrogens with zero attached hydrogens (tertiary/aromatic N) is 1. The van der Waals surface area contributed by atoms with Crippen LogP contribution in [0.4, 0.5) is 5.69 Å². The summed E-state index contributed by atoms with van der Waals surface area (Å²) >= 11 is 0. The monoisotopic (exact) mass is 326 g/mol. The Bertz CT molecular complexity index is 598. The topological polar surface area (TPSA) is 75.7 Å². The van der Waals surface area contributed by atoms with Gasteiger partial charge in [-0.25, -0.2) is 12.7 Å². The second kappa shape index (κ2) is 7.60. The third-order valence-corrected chi connectivity index (χ3v) is 5.45. The summed E-state index contributed by atoms with van der Waals surface area (Å²) in [6.07, 6.45) is 1.73. The molecule has 7 heteroatoms. The molecule has 1 saturated heterocycles. The second-order valence-electron chi connectivity index (χ2n) is 5.18. The maximum atomic E-state index is 11.9. The molecule has 1 aliphatic heterocycles. The Kier molecular flexibility index (Phi) is 5.79. The van der Waals surface area contributed by atoms with Gasteiger partial charge < -0.3 is 10.1 Å². The van der Waals surface area contributed by atoms with Crippen molar-refractivity contribution in [2.75, 3.05) is 30.8 Å². The molecule has 1 heterocycles. The molecule has 0 bridgehead atoms. The van der Waals surface area contributed by atoms with Crippen LogP contribution in [0.2, 0.25) is 0 Å². The number of nitrogens with one attached hydrogen (secondary N) is 1. The van der Waals surface area contributed by atoms with Gasteiger partial charge in [-0.1, -0.05) is 0 Å². The lowest BCUT2D eigenvalue weighted by molar-refractivity contribution is -0.116. The van der Waals surface area contributed by atoms with Gasteiger partial charge in [-0.05, 0) is 44.0 Å². The van der Waals surface area contributed by atoms with Crippen LogP contribution in [0.5, 0.6) is 5.75 Å². The van der Waals surface area contributed by atoms with Gasteiger partial charge in [-0.15, -0.1) is 0 Å². The highest BCUT2D eigenvalue weighted by atomic mass is 32.2. The number of hydrogen-bond acceptors (Lipinski definition) is 4. The number of amides is 1. The minimum Gasteiger partial charge on any atom is -0.494 e. The van der Waals surface area contributed by atoms with E-state index in [9.17, 15) is 13.2 Å². The number of carbonyl (C=O) groups is 1. The van der Waals surface area contributed by atoms with Gasteiger partial charge in [0, 0.05) is 25.2 Å². The van der Waals surface area contributed by atoms with Gasteiger partial charge in [0.15, 0.2) is 0 Å². The number of anilines is 1. The summed E-state index contributed by atoms with van der Waals surface area (Å²) in [6.45, 7) is 3.25. The minimum absolute atomic E-state index is 0.159. The Morgan fingerprint density at radius 1 is 1.27 bits per heavy atom. The third-order valence-electron chi connectivity index (χ3n) is 3.49. The van der Waals surface area contributed by atoms with E-state index in [1.165, 1.54) is 4.31 Å². The van der Waals surface area contributed by atoms with Crippen LogP contribution in [0.3, 0.4) is 0 Å². The van der Waals surface area contributed by atoms with Crippen molar-refractivity contribution < 1.29 is 17.9 Å². The Labute approximate surface area is 131 Å². The first-order chi connectivity index (χ1) is 10.5. The standard InChI is InChI=1S/C15H22N2O4S/c1-2-21-14-7-5-13(6-8-14)16-15(18)9-11-17-10-3-4-12-22(17,19)20/h5-8H,2-4,9-12H2,1H3,(H,16,18). The predicted octanol–water partition coefficient (Wildman–Crippen LogP) is 1.84. The van der Waals surface area contributed by atoms with Crippen molar-refractivity contribution in [3.8, 4) is 5.75 Å². The third kappa shape index (κ3) is 4.71. The lowest BCUT2D eigenvalue weighted by atomic mass is 10.3. The molecule has 0 unspecified atom stereocenters. The van der Waals surface area contributed by atoms with Gasteiger partial charge in [0.2, 0.25) is 15.9 Å². The van der Waals surface area contributed by atoms with Crippen molar-refractivity contribution in [1.29, 1.82) is 0 Å². The number of carbonyl (C=O) groups excluding carboxylic acids is 1. The molecular weight excluding hydrogens is 304 g/mol. The highest BCUT2D eigenvalue weighted by Crippen LogP contribution is 2.17. The molecule has 122 valence electrons. The largest absolute Gasteiger partial charge is 0.494 e. The molecule has 1 aromatic rings. The van der Waals surface area contributed by atoms with Gasteiger partial charge in [0.05, 0.1) is 12.4 Å². The van der Waals surface area contributed by atoms with E-state index in [2.05, 4.69) is 5.32 Å². The van der Waals surface area contributed by atoms with Crippen LogP contribution < -0.4 is 10.1 Å². The van der Waals surface area contributed by atoms with E-state index in [0.717, 1.165) is 12.2 Å². The van der Waals surface area contributed by atoms with Gasteiger partial charge in [0.1, 0.15) is 5.75 Å². The Morgan fingerprint density at radius 3 is 2.64 bits per heavy atom. The van der Waals surface area contributed by atoms with Crippen LogP contribution in [0.25, 0.3) is 0 Å². The van der Waals surface area contributed by atoms with E-state index in [1.807, 2.05) is 6.92 Å². The predicted molar refractivity (Wildman–Crippen MR) is 85.5 cm³/mol. The first-order valence-electron chi connectivity index (χ1n) is 7.52. The summed E-state index contributed by atoms with van der Waals surface area (Å²) in [7, 11) is -3.17. The molecule has 0 atom stereocenters. The van der Waals surface area contributed by atoms with E-state index >= 15 is 0 Å². The van der Waals surface area contributed by atoms with Gasteiger partial charge in [-0.2, -0.15) is 0 Å². The fourth-order valence-corrected chi connectivity index (χ4v) is 3.95. The number of ether oxygens (including phenoxy) is 1. The van der Waals surface area contributed by atoms with Crippen molar-refractivity contribution in [2.45, 2.75) is 26.2 Å². The van der Waals surface area contributed by atoms with E-state index < -0.39 is 10.0 Å². The quantitative estimate of drug-likeness (QED) is 0.865. The molecule has 1 aliphatic rings. The van der Waals surface area contributed by atoms with Crippen molar-refractivity contribution in [1.82, 2.24) is 4.31 Å². The number of sulfonamides is 1. The van der Waals surface area contributed by atoms with E-state index in [0.29, 0.717) is 25.3 Å². The van der Waals surface area contributed by atoms with Crippen molar-refractivity contribution in [2.24, 2.45) is 0 Å². The molecule has 1 N–H and O–H groups in total. The first-order valence-corrected chi connectivity index (χ1v) is 9.13. The maximum absolute atomic E-state index is 11.9. The zero-order chi connectivity index (χ0) is 16.0. The summed E-state index contributed by atoms with van der Waals surface area (Å²) in [5.74, 6) is 0.748. The smallest absolute Gasteiger partial charge is 0.225 e. The highest BCUT2D eigenvalue weighted by molar-refractivity contribution is 7.89. The molecule has 0 saturated carbocycles. The van der Waals surface area contributed by atoms with Crippen LogP contribution >= 0.6 is 0 Å². The first kappa shape index (κ1) is 16.8. The fraction of sp³-hybridized carbons (Fsp3) is 0.533. The average Bonchev–Trinajstić information content (AvgIpc) is 2.48. The lowest BCUT2D eigenvalue weighted by Crippen LogP contribution is -2.39. The zero-order valence-electron chi connectivity index (χ0n) is 12.7. The van der Waals surface area contributed by atoms with Gasteiger partial charge >= 0.3 is 0 Å². The molecule has 2 rings (SSSR count). The van der Waals surface area contributed by atoms with Crippen LogP contribution in [0.1, 0.15) is 26.2 Å². The molecule has 0 aliphatic carbocycles. The highest BCUT2D eigenvalue weighted by Gasteiger charge is 2.25. The van der Waals surface area contributed by atoms with Gasteiger partial charge in [-0.3, -0.25) is 4.79 Å². The number of rotatable bonds is 6. The molecule has 0 spiro atoms. The van der Waals surface area contributed by atoms with Crippen LogP contribution in [0, 0.1) is 0 Å². The SMILES string of the molecule is CCOc1ccc(NC(=O)CCN2CCCCS2(=O)=O)cc1. The van der Waals surface area contributed by atoms with Gasteiger partial charge in [0.25, 0.3) is 0 Å². The van der Waals surface area contributed by atoms with Crippen molar-refractivity contribution in [3.63, 3.8) is 0 Å². The van der Waals surface area contributed by atoms with E-state index in [1.54, 1.807) is 24.3 Å². The number of benzene rings is 1. The van der Waals surface area contributed by atoms with Crippen LogP contribution in [-0.4, -0.2) is 44.1 Å². The van der Waals surface area contributed by atoms with Crippen LogP contribution in [-0.2, 0) is 14.8 Å². The Hall–Kier alpha value is -1.60. The Balaban J connectivity index is 1.82. The normalized spacial score (nSPS) is 17.9. The van der Waals surface area contributed by atoms with E-state index in [4.69, 9.17) is 4.74 Å². The summed E-state index contributed by atoms with van der Waals surface area (Å²) < 4.78 is 30.4. The molecule has 0 radical (unpaired) electrons. The summed E-state index contributed by atoms with van der Waals surface area (Å²) in [5, 5.41) is 2.76. The molecule has 6 nitrogen and oxygen atoms in total. The van der Waals surface area contributed by atoms with Crippen molar-refractivity contribution >= 4 is 21.6 Å². The Morgan fingerprint density at radius 2 is 2.00 bits per heavy atom. The van der Waals surface area contributed by atoms with Crippen molar-refractivity contribution in [3.05, 3.63) is 24.3 Å². The molecule has 1 aromatic carbocycles. The molecule has 0 aromatic heterocycles. The molecule has 1 amide bonds. The average molecular weight is 326 g/mol. The lowest BCUT2D eigenvalue weighted by Gasteiger charge is -2.25. The maximum Gasteiger partial charge on any atom is 0.225 e. The summed E-state index contributed by atoms with van der Waals surface area (Å²) in [4.78, 5) is 11.9. The molecule has 1 fully saturated rings. The summed E-state index contributed by atoms with van der Waals surface area (Å²) in [6, 6.07) is 7.10. The molecule has 22 heavy (non-hydrogen) atoms. The van der Waals surface area contributed by atoms with Crippen LogP contribution in [0.15, 0.2) is 24.3 Å². The van der Waals surface area contributed by atoms with E-state index in [-0.39, 0.29) is 24.6 Å².